The largest absolute Gasteiger partial charge is 0.504 e. The highest BCUT2D eigenvalue weighted by atomic mass is 16.3. The van der Waals surface area contributed by atoms with E-state index in [1.54, 1.807) is 11.0 Å². The summed E-state index contributed by atoms with van der Waals surface area (Å²) in [7, 11) is 0. The fourth-order valence-electron chi connectivity index (χ4n) is 3.27. The lowest BCUT2D eigenvalue weighted by Crippen LogP contribution is -2.28. The summed E-state index contributed by atoms with van der Waals surface area (Å²) in [5.41, 5.74) is 0.809. The number of benzene rings is 2. The predicted molar refractivity (Wildman–Crippen MR) is 98.9 cm³/mol. The van der Waals surface area contributed by atoms with Crippen LogP contribution in [0.4, 0.5) is 11.5 Å². The first-order chi connectivity index (χ1) is 12.6. The molecule has 130 valence electrons. The number of aromatic nitrogens is 1. The van der Waals surface area contributed by atoms with Crippen LogP contribution in [0.2, 0.25) is 0 Å². The van der Waals surface area contributed by atoms with E-state index < -0.39 is 5.92 Å². The van der Waals surface area contributed by atoms with Crippen LogP contribution in [0.5, 0.6) is 5.75 Å². The lowest BCUT2D eigenvalue weighted by molar-refractivity contribution is -0.122. The van der Waals surface area contributed by atoms with Gasteiger partial charge < -0.3 is 15.3 Å². The monoisotopic (exact) mass is 347 g/mol. The SMILES string of the molecule is O=C(Nc1ncccc1O)[C@@H]1CC(=O)N(c2cccc3ccccc23)C1. The summed E-state index contributed by atoms with van der Waals surface area (Å²) in [6.45, 7) is 0.298. The Morgan fingerprint density at radius 1 is 1.12 bits per heavy atom. The third kappa shape index (κ3) is 2.86. The predicted octanol–water partition coefficient (Wildman–Crippen LogP) is 2.93. The first-order valence-electron chi connectivity index (χ1n) is 8.36. The molecule has 1 aromatic heterocycles. The van der Waals surface area contributed by atoms with Crippen LogP contribution in [-0.4, -0.2) is 28.4 Å². The molecule has 2 heterocycles. The zero-order chi connectivity index (χ0) is 18.1. The highest BCUT2D eigenvalue weighted by Gasteiger charge is 2.36. The summed E-state index contributed by atoms with van der Waals surface area (Å²) in [6, 6.07) is 16.7. The Labute approximate surface area is 150 Å². The van der Waals surface area contributed by atoms with Crippen LogP contribution < -0.4 is 10.2 Å². The molecule has 1 aliphatic heterocycles. The average molecular weight is 347 g/mol. The van der Waals surface area contributed by atoms with Crippen molar-refractivity contribution in [1.29, 1.82) is 0 Å². The standard InChI is InChI=1S/C20H17N3O3/c24-17-9-4-10-21-19(17)22-20(26)14-11-18(25)23(12-14)16-8-3-6-13-5-1-2-7-15(13)16/h1-10,14,24H,11-12H2,(H,21,22,26)/t14-/m1/s1. The summed E-state index contributed by atoms with van der Waals surface area (Å²) in [4.78, 5) is 30.6. The van der Waals surface area contributed by atoms with Gasteiger partial charge in [-0.2, -0.15) is 0 Å². The molecule has 0 saturated carbocycles. The number of nitrogens with zero attached hydrogens (tertiary/aromatic N) is 2. The summed E-state index contributed by atoms with van der Waals surface area (Å²) in [5.74, 6) is -0.908. The minimum Gasteiger partial charge on any atom is -0.504 e. The minimum absolute atomic E-state index is 0.0910. The van der Waals surface area contributed by atoms with E-state index in [-0.39, 0.29) is 29.8 Å². The minimum atomic E-state index is -0.497. The van der Waals surface area contributed by atoms with E-state index in [0.717, 1.165) is 16.5 Å². The molecule has 6 nitrogen and oxygen atoms in total. The molecule has 2 aromatic carbocycles. The van der Waals surface area contributed by atoms with Crippen molar-refractivity contribution >= 4 is 34.1 Å². The van der Waals surface area contributed by atoms with Gasteiger partial charge in [-0.25, -0.2) is 4.98 Å². The van der Waals surface area contributed by atoms with Crippen molar-refractivity contribution < 1.29 is 14.7 Å². The van der Waals surface area contributed by atoms with Crippen LogP contribution in [0.15, 0.2) is 60.8 Å². The van der Waals surface area contributed by atoms with Crippen molar-refractivity contribution in [2.45, 2.75) is 6.42 Å². The molecular formula is C20H17N3O3. The van der Waals surface area contributed by atoms with Gasteiger partial charge in [-0.15, -0.1) is 0 Å². The van der Waals surface area contributed by atoms with Gasteiger partial charge in [-0.3, -0.25) is 9.59 Å². The Hall–Kier alpha value is -3.41. The fraction of sp³-hybridized carbons (Fsp3) is 0.150. The number of hydrogen-bond donors (Lipinski definition) is 2. The molecule has 1 saturated heterocycles. The molecular weight excluding hydrogens is 330 g/mol. The third-order valence-electron chi connectivity index (χ3n) is 4.58. The van der Waals surface area contributed by atoms with Gasteiger partial charge in [-0.05, 0) is 23.6 Å². The quantitative estimate of drug-likeness (QED) is 0.763. The lowest BCUT2D eigenvalue weighted by atomic mass is 10.1. The number of anilines is 2. The molecule has 1 fully saturated rings. The van der Waals surface area contributed by atoms with Gasteiger partial charge >= 0.3 is 0 Å². The fourth-order valence-corrected chi connectivity index (χ4v) is 3.27. The van der Waals surface area contributed by atoms with Crippen molar-refractivity contribution in [1.82, 2.24) is 4.98 Å². The van der Waals surface area contributed by atoms with Gasteiger partial charge in [-0.1, -0.05) is 36.4 Å². The molecule has 2 amide bonds. The van der Waals surface area contributed by atoms with Gasteiger partial charge in [0.2, 0.25) is 11.8 Å². The molecule has 3 aromatic rings. The van der Waals surface area contributed by atoms with Crippen LogP contribution in [0, 0.1) is 5.92 Å². The third-order valence-corrected chi connectivity index (χ3v) is 4.58. The molecule has 0 spiro atoms. The van der Waals surface area contributed by atoms with Crippen molar-refractivity contribution in [3.8, 4) is 5.75 Å². The smallest absolute Gasteiger partial charge is 0.231 e. The van der Waals surface area contributed by atoms with Gasteiger partial charge in [0.25, 0.3) is 0 Å². The number of fused-ring (bicyclic) bond motifs is 1. The maximum absolute atomic E-state index is 12.5. The maximum atomic E-state index is 12.5. The second-order valence-electron chi connectivity index (χ2n) is 6.26. The van der Waals surface area contributed by atoms with Gasteiger partial charge in [0, 0.05) is 24.5 Å². The van der Waals surface area contributed by atoms with Crippen molar-refractivity contribution in [2.75, 3.05) is 16.8 Å². The zero-order valence-electron chi connectivity index (χ0n) is 13.9. The topological polar surface area (TPSA) is 82.5 Å². The molecule has 1 aliphatic rings. The van der Waals surface area contributed by atoms with Crippen LogP contribution in [0.3, 0.4) is 0 Å². The summed E-state index contributed by atoms with van der Waals surface area (Å²) < 4.78 is 0. The summed E-state index contributed by atoms with van der Waals surface area (Å²) in [6.07, 6.45) is 1.61. The normalized spacial score (nSPS) is 16.8. The highest BCUT2D eigenvalue weighted by Crippen LogP contribution is 2.32. The summed E-state index contributed by atoms with van der Waals surface area (Å²) in [5, 5.41) is 14.4. The van der Waals surface area contributed by atoms with Crippen LogP contribution in [0.1, 0.15) is 6.42 Å². The number of rotatable bonds is 3. The van der Waals surface area contributed by atoms with Crippen LogP contribution >= 0.6 is 0 Å². The molecule has 0 unspecified atom stereocenters. The van der Waals surface area contributed by atoms with Gasteiger partial charge in [0.05, 0.1) is 11.6 Å². The molecule has 0 bridgehead atoms. The summed E-state index contributed by atoms with van der Waals surface area (Å²) >= 11 is 0. The number of nitrogens with one attached hydrogen (secondary N) is 1. The van der Waals surface area contributed by atoms with E-state index in [2.05, 4.69) is 10.3 Å². The molecule has 26 heavy (non-hydrogen) atoms. The molecule has 0 radical (unpaired) electrons. The highest BCUT2D eigenvalue weighted by molar-refractivity contribution is 6.08. The number of carbonyl (C=O) groups excluding carboxylic acids is 2. The molecule has 2 N–H and O–H groups in total. The first-order valence-corrected chi connectivity index (χ1v) is 8.36. The number of hydrogen-bond acceptors (Lipinski definition) is 4. The van der Waals surface area contributed by atoms with Crippen molar-refractivity contribution in [3.05, 3.63) is 60.8 Å². The number of pyridine rings is 1. The van der Waals surface area contributed by atoms with E-state index in [0.29, 0.717) is 6.54 Å². The van der Waals surface area contributed by atoms with Crippen molar-refractivity contribution in [3.63, 3.8) is 0 Å². The van der Waals surface area contributed by atoms with E-state index in [9.17, 15) is 14.7 Å². The molecule has 1 atom stereocenters. The second kappa shape index (κ2) is 6.48. The van der Waals surface area contributed by atoms with Crippen LogP contribution in [0.25, 0.3) is 10.8 Å². The van der Waals surface area contributed by atoms with Gasteiger partial charge in [0.15, 0.2) is 11.6 Å². The molecule has 6 heteroatoms. The van der Waals surface area contributed by atoms with E-state index in [1.807, 2.05) is 42.5 Å². The first kappa shape index (κ1) is 16.1. The van der Waals surface area contributed by atoms with E-state index in [1.165, 1.54) is 12.3 Å². The van der Waals surface area contributed by atoms with Gasteiger partial charge in [0.1, 0.15) is 0 Å². The Morgan fingerprint density at radius 2 is 1.92 bits per heavy atom. The maximum Gasteiger partial charge on any atom is 0.231 e. The van der Waals surface area contributed by atoms with E-state index in [4.69, 9.17) is 0 Å². The zero-order valence-corrected chi connectivity index (χ0v) is 13.9. The van der Waals surface area contributed by atoms with E-state index >= 15 is 0 Å². The molecule has 0 aliphatic carbocycles. The second-order valence-corrected chi connectivity index (χ2v) is 6.26. The Balaban J connectivity index is 1.57. The lowest BCUT2D eigenvalue weighted by Gasteiger charge is -2.19. The van der Waals surface area contributed by atoms with Crippen molar-refractivity contribution in [2.24, 2.45) is 5.92 Å². The Kier molecular flexibility index (Phi) is 4.01. The number of aromatic hydroxyl groups is 1. The number of amides is 2. The molecule has 4 rings (SSSR count). The van der Waals surface area contributed by atoms with Crippen LogP contribution in [-0.2, 0) is 9.59 Å². The number of carbonyl (C=O) groups is 2. The Bertz CT molecular complexity index is 997. The Morgan fingerprint density at radius 3 is 2.77 bits per heavy atom. The average Bonchev–Trinajstić information content (AvgIpc) is 3.05.